The number of fused-ring (bicyclic) bond motifs is 1. The molecule has 0 saturated carbocycles. The van der Waals surface area contributed by atoms with E-state index in [-0.39, 0.29) is 0 Å². The summed E-state index contributed by atoms with van der Waals surface area (Å²) in [6, 6.07) is 7.96. The second kappa shape index (κ2) is 5.40. The van der Waals surface area contributed by atoms with Crippen molar-refractivity contribution < 1.29 is 9.90 Å². The van der Waals surface area contributed by atoms with Crippen molar-refractivity contribution in [3.63, 3.8) is 0 Å². The fourth-order valence-electron chi connectivity index (χ4n) is 2.18. The first-order chi connectivity index (χ1) is 9.07. The quantitative estimate of drug-likeness (QED) is 0.833. The largest absolute Gasteiger partial charge is 0.480 e. The fraction of sp³-hybridized carbons (Fsp3) is 0.429. The van der Waals surface area contributed by atoms with Crippen LogP contribution >= 0.6 is 0 Å². The lowest BCUT2D eigenvalue weighted by Gasteiger charge is -2.22. The molecule has 0 aliphatic carbocycles. The standard InChI is InChI=1S/C14H19N3O2/c1-2-14(15,13(18)19)8-5-9-17-12-7-4-3-6-11(12)10-16-17/h3-4,6-7,10H,2,5,8-9,15H2,1H3,(H,18,19). The summed E-state index contributed by atoms with van der Waals surface area (Å²) >= 11 is 0. The molecule has 0 radical (unpaired) electrons. The Morgan fingerprint density at radius 3 is 2.89 bits per heavy atom. The van der Waals surface area contributed by atoms with Crippen LogP contribution in [0, 0.1) is 0 Å². The average Bonchev–Trinajstić information content (AvgIpc) is 2.82. The molecule has 1 heterocycles. The zero-order valence-corrected chi connectivity index (χ0v) is 11.0. The number of carboxylic acid groups (broad SMARTS) is 1. The second-order valence-corrected chi connectivity index (χ2v) is 4.84. The van der Waals surface area contributed by atoms with Crippen molar-refractivity contribution in [2.75, 3.05) is 0 Å². The van der Waals surface area contributed by atoms with E-state index in [2.05, 4.69) is 5.10 Å². The lowest BCUT2D eigenvalue weighted by atomic mass is 9.92. The zero-order valence-electron chi connectivity index (χ0n) is 11.0. The summed E-state index contributed by atoms with van der Waals surface area (Å²) in [5.41, 5.74) is 5.81. The number of nitrogens with zero attached hydrogens (tertiary/aromatic N) is 2. The van der Waals surface area contributed by atoms with Gasteiger partial charge < -0.3 is 10.8 Å². The highest BCUT2D eigenvalue weighted by Crippen LogP contribution is 2.17. The van der Waals surface area contributed by atoms with E-state index in [1.807, 2.05) is 35.1 Å². The molecular formula is C14H19N3O2. The molecule has 102 valence electrons. The molecule has 0 aliphatic rings. The molecule has 5 heteroatoms. The highest BCUT2D eigenvalue weighted by atomic mass is 16.4. The Morgan fingerprint density at radius 2 is 2.21 bits per heavy atom. The molecule has 0 saturated heterocycles. The summed E-state index contributed by atoms with van der Waals surface area (Å²) in [6.07, 6.45) is 3.40. The molecule has 0 bridgehead atoms. The number of aryl methyl sites for hydroxylation is 1. The van der Waals surface area contributed by atoms with Gasteiger partial charge in [0.2, 0.25) is 0 Å². The molecule has 0 fully saturated rings. The molecule has 19 heavy (non-hydrogen) atoms. The van der Waals surface area contributed by atoms with Crippen LogP contribution in [0.2, 0.25) is 0 Å². The van der Waals surface area contributed by atoms with Crippen molar-refractivity contribution in [2.45, 2.75) is 38.3 Å². The Labute approximate surface area is 112 Å². The van der Waals surface area contributed by atoms with E-state index < -0.39 is 11.5 Å². The van der Waals surface area contributed by atoms with E-state index in [0.29, 0.717) is 25.8 Å². The van der Waals surface area contributed by atoms with E-state index in [4.69, 9.17) is 10.8 Å². The normalized spacial score (nSPS) is 14.4. The van der Waals surface area contributed by atoms with Crippen LogP contribution in [0.5, 0.6) is 0 Å². The van der Waals surface area contributed by atoms with Gasteiger partial charge in [-0.2, -0.15) is 5.10 Å². The van der Waals surface area contributed by atoms with Gasteiger partial charge in [0.15, 0.2) is 0 Å². The van der Waals surface area contributed by atoms with Gasteiger partial charge in [0.25, 0.3) is 0 Å². The van der Waals surface area contributed by atoms with Crippen LogP contribution in [0.4, 0.5) is 0 Å². The van der Waals surface area contributed by atoms with E-state index in [9.17, 15) is 4.79 Å². The summed E-state index contributed by atoms with van der Waals surface area (Å²) < 4.78 is 1.90. The fourth-order valence-corrected chi connectivity index (χ4v) is 2.18. The third kappa shape index (κ3) is 2.76. The monoisotopic (exact) mass is 261 g/mol. The third-order valence-electron chi connectivity index (χ3n) is 3.60. The number of carbonyl (C=O) groups is 1. The molecule has 1 aromatic carbocycles. The molecule has 2 rings (SSSR count). The average molecular weight is 261 g/mol. The number of carboxylic acids is 1. The molecule has 1 unspecified atom stereocenters. The summed E-state index contributed by atoms with van der Waals surface area (Å²) in [6.45, 7) is 2.48. The molecule has 0 amide bonds. The zero-order chi connectivity index (χ0) is 13.9. The third-order valence-corrected chi connectivity index (χ3v) is 3.60. The molecule has 0 aliphatic heterocycles. The number of rotatable bonds is 6. The Morgan fingerprint density at radius 1 is 1.47 bits per heavy atom. The smallest absolute Gasteiger partial charge is 0.323 e. The van der Waals surface area contributed by atoms with Gasteiger partial charge in [-0.25, -0.2) is 0 Å². The SMILES string of the molecule is CCC(N)(CCCn1ncc2ccccc21)C(=O)O. The van der Waals surface area contributed by atoms with Gasteiger partial charge in [-0.15, -0.1) is 0 Å². The van der Waals surface area contributed by atoms with Crippen LogP contribution in [0.15, 0.2) is 30.5 Å². The highest BCUT2D eigenvalue weighted by molar-refractivity contribution is 5.78. The van der Waals surface area contributed by atoms with Crippen LogP contribution in [-0.2, 0) is 11.3 Å². The highest BCUT2D eigenvalue weighted by Gasteiger charge is 2.30. The minimum atomic E-state index is -1.12. The van der Waals surface area contributed by atoms with E-state index in [1.165, 1.54) is 0 Å². The van der Waals surface area contributed by atoms with Crippen molar-refractivity contribution in [3.8, 4) is 0 Å². The molecule has 0 spiro atoms. The topological polar surface area (TPSA) is 81.1 Å². The summed E-state index contributed by atoms with van der Waals surface area (Å²) in [5.74, 6) is -0.930. The maximum Gasteiger partial charge on any atom is 0.323 e. The van der Waals surface area contributed by atoms with E-state index in [1.54, 1.807) is 6.92 Å². The van der Waals surface area contributed by atoms with Crippen molar-refractivity contribution in [2.24, 2.45) is 5.73 Å². The first kappa shape index (κ1) is 13.5. The van der Waals surface area contributed by atoms with Gasteiger partial charge in [0.1, 0.15) is 5.54 Å². The maximum absolute atomic E-state index is 11.1. The number of hydrogen-bond donors (Lipinski definition) is 2. The van der Waals surface area contributed by atoms with Crippen molar-refractivity contribution in [1.29, 1.82) is 0 Å². The Bertz CT molecular complexity index is 579. The van der Waals surface area contributed by atoms with Gasteiger partial charge in [0, 0.05) is 11.9 Å². The number of aromatic nitrogens is 2. The van der Waals surface area contributed by atoms with Gasteiger partial charge in [0.05, 0.1) is 11.7 Å². The molecule has 3 N–H and O–H groups in total. The minimum absolute atomic E-state index is 0.433. The summed E-state index contributed by atoms with van der Waals surface area (Å²) in [5, 5.41) is 14.5. The molecule has 2 aromatic rings. The van der Waals surface area contributed by atoms with Gasteiger partial charge in [-0.05, 0) is 25.3 Å². The molecule has 1 aromatic heterocycles. The lowest BCUT2D eigenvalue weighted by molar-refractivity contribution is -0.143. The molecule has 5 nitrogen and oxygen atoms in total. The van der Waals surface area contributed by atoms with Crippen LogP contribution in [0.3, 0.4) is 0 Å². The van der Waals surface area contributed by atoms with Crippen LogP contribution in [0.1, 0.15) is 26.2 Å². The molecular weight excluding hydrogens is 242 g/mol. The Balaban J connectivity index is 2.01. The number of benzene rings is 1. The van der Waals surface area contributed by atoms with Gasteiger partial charge >= 0.3 is 5.97 Å². The van der Waals surface area contributed by atoms with Crippen molar-refractivity contribution in [3.05, 3.63) is 30.5 Å². The number of hydrogen-bond acceptors (Lipinski definition) is 3. The van der Waals surface area contributed by atoms with Crippen molar-refractivity contribution in [1.82, 2.24) is 9.78 Å². The first-order valence-electron chi connectivity index (χ1n) is 6.49. The number of aliphatic carboxylic acids is 1. The first-order valence-corrected chi connectivity index (χ1v) is 6.49. The van der Waals surface area contributed by atoms with Crippen LogP contribution < -0.4 is 5.73 Å². The Hall–Kier alpha value is -1.88. The summed E-state index contributed by atoms with van der Waals surface area (Å²) in [7, 11) is 0. The summed E-state index contributed by atoms with van der Waals surface area (Å²) in [4.78, 5) is 11.1. The lowest BCUT2D eigenvalue weighted by Crippen LogP contribution is -2.47. The van der Waals surface area contributed by atoms with E-state index >= 15 is 0 Å². The predicted molar refractivity (Wildman–Crippen MR) is 73.8 cm³/mol. The van der Waals surface area contributed by atoms with Crippen LogP contribution in [0.25, 0.3) is 10.9 Å². The number of nitrogens with two attached hydrogens (primary N) is 1. The molecule has 1 atom stereocenters. The van der Waals surface area contributed by atoms with E-state index in [0.717, 1.165) is 10.9 Å². The Kier molecular flexibility index (Phi) is 3.85. The van der Waals surface area contributed by atoms with Gasteiger partial charge in [-0.3, -0.25) is 9.48 Å². The predicted octanol–water partition coefficient (Wildman–Crippen LogP) is 2.01. The number of para-hydroxylation sites is 1. The van der Waals surface area contributed by atoms with Crippen LogP contribution in [-0.4, -0.2) is 26.4 Å². The van der Waals surface area contributed by atoms with Crippen molar-refractivity contribution >= 4 is 16.9 Å². The minimum Gasteiger partial charge on any atom is -0.480 e. The maximum atomic E-state index is 11.1. The second-order valence-electron chi connectivity index (χ2n) is 4.84. The van der Waals surface area contributed by atoms with Gasteiger partial charge in [-0.1, -0.05) is 25.1 Å².